The van der Waals surface area contributed by atoms with Gasteiger partial charge in [-0.15, -0.1) is 0 Å². The van der Waals surface area contributed by atoms with Crippen LogP contribution in [-0.2, 0) is 4.79 Å². The summed E-state index contributed by atoms with van der Waals surface area (Å²) >= 11 is 1.36. The molecule has 2 aromatic rings. The number of nitrogens with one attached hydrogen (secondary N) is 2. The van der Waals surface area contributed by atoms with E-state index in [1.54, 1.807) is 12.1 Å². The first kappa shape index (κ1) is 17.9. The number of amides is 1. The van der Waals surface area contributed by atoms with E-state index in [0.717, 1.165) is 11.4 Å². The standard InChI is InChI=1S/C16H20N4O3S/c1-2-23-12-7-5-11(6-8-12)18-14(21)4-3-9-24-16-19-13(17)10-15(22)20-16/h5-8,10H,2-4,9H2,1H3,(H,18,21)(H3,17,19,20,22). The summed E-state index contributed by atoms with van der Waals surface area (Å²) in [6.45, 7) is 2.53. The van der Waals surface area contributed by atoms with Crippen molar-refractivity contribution in [3.05, 3.63) is 40.7 Å². The van der Waals surface area contributed by atoms with Gasteiger partial charge in [0.1, 0.15) is 11.6 Å². The zero-order chi connectivity index (χ0) is 17.4. The molecule has 0 aliphatic rings. The number of ether oxygens (including phenoxy) is 1. The summed E-state index contributed by atoms with van der Waals surface area (Å²) < 4.78 is 5.35. The van der Waals surface area contributed by atoms with Crippen molar-refractivity contribution in [2.24, 2.45) is 0 Å². The number of carbonyl (C=O) groups is 1. The van der Waals surface area contributed by atoms with Gasteiger partial charge in [-0.3, -0.25) is 9.59 Å². The molecule has 0 bridgehead atoms. The molecule has 1 aromatic carbocycles. The minimum absolute atomic E-state index is 0.0613. The molecule has 0 atom stereocenters. The van der Waals surface area contributed by atoms with Crippen LogP contribution < -0.4 is 21.3 Å². The summed E-state index contributed by atoms with van der Waals surface area (Å²) in [5, 5.41) is 3.30. The van der Waals surface area contributed by atoms with Crippen LogP contribution in [0.1, 0.15) is 19.8 Å². The Labute approximate surface area is 144 Å². The van der Waals surface area contributed by atoms with Gasteiger partial charge in [-0.2, -0.15) is 0 Å². The normalized spacial score (nSPS) is 10.4. The molecule has 0 aliphatic heterocycles. The summed E-state index contributed by atoms with van der Waals surface area (Å²) in [5.74, 6) is 1.56. The number of benzene rings is 1. The lowest BCUT2D eigenvalue weighted by atomic mass is 10.2. The molecule has 2 rings (SSSR count). The van der Waals surface area contributed by atoms with Gasteiger partial charge in [0, 0.05) is 23.9 Å². The Bertz CT molecular complexity index is 731. The number of aromatic nitrogens is 2. The molecule has 24 heavy (non-hydrogen) atoms. The fourth-order valence-corrected chi connectivity index (χ4v) is 2.77. The molecule has 0 saturated carbocycles. The largest absolute Gasteiger partial charge is 0.494 e. The Morgan fingerprint density at radius 1 is 1.38 bits per heavy atom. The van der Waals surface area contributed by atoms with Crippen LogP contribution in [-0.4, -0.2) is 28.2 Å². The van der Waals surface area contributed by atoms with Crippen molar-refractivity contribution in [1.29, 1.82) is 0 Å². The molecule has 7 nitrogen and oxygen atoms in total. The minimum Gasteiger partial charge on any atom is -0.494 e. The monoisotopic (exact) mass is 348 g/mol. The first-order chi connectivity index (χ1) is 11.6. The summed E-state index contributed by atoms with van der Waals surface area (Å²) in [4.78, 5) is 29.8. The van der Waals surface area contributed by atoms with Crippen LogP contribution in [0.2, 0.25) is 0 Å². The van der Waals surface area contributed by atoms with Crippen molar-refractivity contribution in [3.63, 3.8) is 0 Å². The smallest absolute Gasteiger partial charge is 0.253 e. The van der Waals surface area contributed by atoms with Crippen LogP contribution in [0.15, 0.2) is 40.3 Å². The van der Waals surface area contributed by atoms with Crippen LogP contribution in [0.25, 0.3) is 0 Å². The average molecular weight is 348 g/mol. The lowest BCUT2D eigenvalue weighted by Crippen LogP contribution is -2.12. The number of H-pyrrole nitrogens is 1. The Kier molecular flexibility index (Phi) is 6.68. The van der Waals surface area contributed by atoms with Crippen LogP contribution in [0.4, 0.5) is 11.5 Å². The molecule has 0 fully saturated rings. The summed E-state index contributed by atoms with van der Waals surface area (Å²) in [6, 6.07) is 8.47. The lowest BCUT2D eigenvalue weighted by Gasteiger charge is -2.07. The highest BCUT2D eigenvalue weighted by Crippen LogP contribution is 2.17. The number of nitrogens with zero attached hydrogens (tertiary/aromatic N) is 1. The second kappa shape index (κ2) is 8.97. The van der Waals surface area contributed by atoms with Gasteiger partial charge in [0.2, 0.25) is 5.91 Å². The van der Waals surface area contributed by atoms with Gasteiger partial charge < -0.3 is 20.8 Å². The quantitative estimate of drug-likeness (QED) is 0.383. The molecule has 0 saturated heterocycles. The topological polar surface area (TPSA) is 110 Å². The molecule has 1 aromatic heterocycles. The van der Waals surface area contributed by atoms with E-state index in [1.807, 2.05) is 19.1 Å². The average Bonchev–Trinajstić information content (AvgIpc) is 2.53. The Morgan fingerprint density at radius 2 is 2.12 bits per heavy atom. The molecule has 0 unspecified atom stereocenters. The van der Waals surface area contributed by atoms with E-state index in [0.29, 0.717) is 30.4 Å². The number of thioether (sulfide) groups is 1. The van der Waals surface area contributed by atoms with Gasteiger partial charge in [0.25, 0.3) is 5.56 Å². The maximum absolute atomic E-state index is 11.9. The first-order valence-electron chi connectivity index (χ1n) is 7.59. The van der Waals surface area contributed by atoms with Crippen molar-refractivity contribution in [1.82, 2.24) is 9.97 Å². The van der Waals surface area contributed by atoms with Crippen molar-refractivity contribution in [2.45, 2.75) is 24.9 Å². The molecule has 8 heteroatoms. The minimum atomic E-state index is -0.279. The lowest BCUT2D eigenvalue weighted by molar-refractivity contribution is -0.116. The molecular weight excluding hydrogens is 328 g/mol. The molecule has 128 valence electrons. The van der Waals surface area contributed by atoms with Crippen molar-refractivity contribution >= 4 is 29.2 Å². The van der Waals surface area contributed by atoms with Crippen LogP contribution in [0, 0.1) is 0 Å². The highest BCUT2D eigenvalue weighted by molar-refractivity contribution is 7.99. The predicted octanol–water partition coefficient (Wildman–Crippen LogP) is 2.26. The Balaban J connectivity index is 1.72. The van der Waals surface area contributed by atoms with E-state index in [-0.39, 0.29) is 17.3 Å². The van der Waals surface area contributed by atoms with Gasteiger partial charge in [0.05, 0.1) is 6.61 Å². The third kappa shape index (κ3) is 5.96. The Morgan fingerprint density at radius 3 is 2.79 bits per heavy atom. The van der Waals surface area contributed by atoms with Gasteiger partial charge in [-0.1, -0.05) is 11.8 Å². The summed E-state index contributed by atoms with van der Waals surface area (Å²) in [7, 11) is 0. The maximum Gasteiger partial charge on any atom is 0.253 e. The molecule has 0 spiro atoms. The fourth-order valence-electron chi connectivity index (χ4n) is 1.95. The van der Waals surface area contributed by atoms with Crippen LogP contribution in [0.5, 0.6) is 5.75 Å². The number of aromatic amines is 1. The SMILES string of the molecule is CCOc1ccc(NC(=O)CCCSc2nc(N)cc(=O)[nH]2)cc1. The van der Waals surface area contributed by atoms with Crippen molar-refractivity contribution in [3.8, 4) is 5.75 Å². The summed E-state index contributed by atoms with van der Waals surface area (Å²) in [6.07, 6.45) is 1.04. The summed E-state index contributed by atoms with van der Waals surface area (Å²) in [5.41, 5.74) is 5.96. The van der Waals surface area contributed by atoms with E-state index < -0.39 is 0 Å². The van der Waals surface area contributed by atoms with E-state index in [2.05, 4.69) is 15.3 Å². The number of nitrogens with two attached hydrogens (primary N) is 1. The Hall–Kier alpha value is -2.48. The number of nitrogen functional groups attached to an aromatic ring is 1. The predicted molar refractivity (Wildman–Crippen MR) is 95.5 cm³/mol. The first-order valence-corrected chi connectivity index (χ1v) is 8.57. The van der Waals surface area contributed by atoms with Crippen molar-refractivity contribution < 1.29 is 9.53 Å². The fraction of sp³-hybridized carbons (Fsp3) is 0.312. The number of hydrogen-bond acceptors (Lipinski definition) is 6. The third-order valence-electron chi connectivity index (χ3n) is 2.98. The van der Waals surface area contributed by atoms with E-state index in [4.69, 9.17) is 10.5 Å². The number of rotatable bonds is 8. The second-order valence-corrected chi connectivity index (χ2v) is 6.02. The molecule has 0 radical (unpaired) electrons. The van der Waals surface area contributed by atoms with Gasteiger partial charge in [-0.05, 0) is 37.6 Å². The van der Waals surface area contributed by atoms with E-state index >= 15 is 0 Å². The third-order valence-corrected chi connectivity index (χ3v) is 3.94. The van der Waals surface area contributed by atoms with E-state index in [1.165, 1.54) is 17.8 Å². The van der Waals surface area contributed by atoms with Crippen LogP contribution in [0.3, 0.4) is 0 Å². The van der Waals surface area contributed by atoms with Gasteiger partial charge in [-0.25, -0.2) is 4.98 Å². The number of anilines is 2. The molecular formula is C16H20N4O3S. The van der Waals surface area contributed by atoms with Crippen LogP contribution >= 0.6 is 11.8 Å². The maximum atomic E-state index is 11.9. The van der Waals surface area contributed by atoms with E-state index in [9.17, 15) is 9.59 Å². The van der Waals surface area contributed by atoms with Gasteiger partial charge >= 0.3 is 0 Å². The highest BCUT2D eigenvalue weighted by atomic mass is 32.2. The molecule has 4 N–H and O–H groups in total. The van der Waals surface area contributed by atoms with Gasteiger partial charge in [0.15, 0.2) is 5.16 Å². The number of hydrogen-bond donors (Lipinski definition) is 3. The molecule has 0 aliphatic carbocycles. The molecule has 1 amide bonds. The number of carbonyl (C=O) groups excluding carboxylic acids is 1. The second-order valence-electron chi connectivity index (χ2n) is 4.93. The highest BCUT2D eigenvalue weighted by Gasteiger charge is 2.04. The zero-order valence-corrected chi connectivity index (χ0v) is 14.2. The van der Waals surface area contributed by atoms with Crippen molar-refractivity contribution in [2.75, 3.05) is 23.4 Å². The molecule has 1 heterocycles. The zero-order valence-electron chi connectivity index (χ0n) is 13.4.